The number of piperazine rings is 1. The molecule has 1 aromatic rings. The lowest BCUT2D eigenvalue weighted by Crippen LogP contribution is -2.53. The summed E-state index contributed by atoms with van der Waals surface area (Å²) in [5.74, 6) is 0.815. The standard InChI is InChI=1S/C16H25N3O4S/c1-13-11-14(5-6-15(13)23-4)12-16(20)18-7-9-19(10-8-18)24(21,22)17(2)3/h5-6,11H,7-10,12H2,1-4H3. The van der Waals surface area contributed by atoms with Gasteiger partial charge in [0, 0.05) is 40.3 Å². The number of carbonyl (C=O) groups is 1. The Morgan fingerprint density at radius 1 is 1.21 bits per heavy atom. The highest BCUT2D eigenvalue weighted by atomic mass is 32.2. The molecule has 0 spiro atoms. The Morgan fingerprint density at radius 3 is 2.33 bits per heavy atom. The predicted octanol–water partition coefficient (Wildman–Crippen LogP) is 0.497. The van der Waals surface area contributed by atoms with Crippen LogP contribution in [0.15, 0.2) is 18.2 Å². The van der Waals surface area contributed by atoms with Crippen molar-refractivity contribution in [1.29, 1.82) is 0 Å². The van der Waals surface area contributed by atoms with Crippen LogP contribution in [-0.2, 0) is 21.4 Å². The Kier molecular flexibility index (Phi) is 5.84. The molecule has 0 saturated carbocycles. The van der Waals surface area contributed by atoms with E-state index in [1.54, 1.807) is 12.0 Å². The van der Waals surface area contributed by atoms with E-state index in [0.29, 0.717) is 32.6 Å². The Bertz CT molecular complexity index is 695. The van der Waals surface area contributed by atoms with E-state index in [-0.39, 0.29) is 5.91 Å². The fourth-order valence-corrected chi connectivity index (χ4v) is 3.82. The van der Waals surface area contributed by atoms with Gasteiger partial charge >= 0.3 is 0 Å². The smallest absolute Gasteiger partial charge is 0.281 e. The molecular formula is C16H25N3O4S. The number of hydrogen-bond donors (Lipinski definition) is 0. The van der Waals surface area contributed by atoms with Crippen molar-refractivity contribution in [2.75, 3.05) is 47.4 Å². The maximum atomic E-state index is 12.4. The second kappa shape index (κ2) is 7.50. The van der Waals surface area contributed by atoms with Gasteiger partial charge in [0.2, 0.25) is 5.91 Å². The summed E-state index contributed by atoms with van der Waals surface area (Å²) in [5, 5.41) is 0. The second-order valence-corrected chi connectivity index (χ2v) is 8.19. The van der Waals surface area contributed by atoms with E-state index in [1.807, 2.05) is 25.1 Å². The first-order valence-corrected chi connectivity index (χ1v) is 9.24. The van der Waals surface area contributed by atoms with Crippen LogP contribution in [0.25, 0.3) is 0 Å². The molecule has 1 fully saturated rings. The van der Waals surface area contributed by atoms with Gasteiger partial charge in [-0.15, -0.1) is 0 Å². The van der Waals surface area contributed by atoms with Crippen LogP contribution in [-0.4, -0.2) is 75.2 Å². The molecule has 7 nitrogen and oxygen atoms in total. The molecule has 0 bridgehead atoms. The third kappa shape index (κ3) is 4.06. The molecular weight excluding hydrogens is 330 g/mol. The van der Waals surface area contributed by atoms with Gasteiger partial charge in [0.25, 0.3) is 10.2 Å². The van der Waals surface area contributed by atoms with Crippen molar-refractivity contribution in [3.63, 3.8) is 0 Å². The van der Waals surface area contributed by atoms with Crippen LogP contribution >= 0.6 is 0 Å². The lowest BCUT2D eigenvalue weighted by Gasteiger charge is -2.35. The predicted molar refractivity (Wildman–Crippen MR) is 92.2 cm³/mol. The summed E-state index contributed by atoms with van der Waals surface area (Å²) in [4.78, 5) is 14.2. The molecule has 1 saturated heterocycles. The molecule has 0 atom stereocenters. The van der Waals surface area contributed by atoms with E-state index >= 15 is 0 Å². The normalized spacial score (nSPS) is 16.5. The quantitative estimate of drug-likeness (QED) is 0.771. The van der Waals surface area contributed by atoms with Crippen LogP contribution in [0, 0.1) is 6.92 Å². The van der Waals surface area contributed by atoms with Gasteiger partial charge in [-0.3, -0.25) is 4.79 Å². The number of benzene rings is 1. The highest BCUT2D eigenvalue weighted by Crippen LogP contribution is 2.19. The maximum Gasteiger partial charge on any atom is 0.281 e. The van der Waals surface area contributed by atoms with E-state index < -0.39 is 10.2 Å². The van der Waals surface area contributed by atoms with Gasteiger partial charge in [0.15, 0.2) is 0 Å². The van der Waals surface area contributed by atoms with E-state index in [4.69, 9.17) is 4.74 Å². The van der Waals surface area contributed by atoms with Crippen LogP contribution in [0.1, 0.15) is 11.1 Å². The van der Waals surface area contributed by atoms with E-state index in [9.17, 15) is 13.2 Å². The molecule has 1 aromatic carbocycles. The first-order valence-electron chi connectivity index (χ1n) is 7.84. The zero-order chi connectivity index (χ0) is 17.9. The summed E-state index contributed by atoms with van der Waals surface area (Å²) in [7, 11) is 1.24. The molecule has 134 valence electrons. The third-order valence-electron chi connectivity index (χ3n) is 4.19. The van der Waals surface area contributed by atoms with Gasteiger partial charge in [-0.05, 0) is 24.1 Å². The highest BCUT2D eigenvalue weighted by molar-refractivity contribution is 7.86. The zero-order valence-electron chi connectivity index (χ0n) is 14.7. The number of methoxy groups -OCH3 is 1. The van der Waals surface area contributed by atoms with Gasteiger partial charge in [-0.1, -0.05) is 12.1 Å². The number of nitrogens with zero attached hydrogens (tertiary/aromatic N) is 3. The lowest BCUT2D eigenvalue weighted by atomic mass is 10.1. The molecule has 0 N–H and O–H groups in total. The minimum Gasteiger partial charge on any atom is -0.496 e. The fraction of sp³-hybridized carbons (Fsp3) is 0.562. The Balaban J connectivity index is 1.95. The molecule has 1 aliphatic heterocycles. The SMILES string of the molecule is COc1ccc(CC(=O)N2CCN(S(=O)(=O)N(C)C)CC2)cc1C. The maximum absolute atomic E-state index is 12.4. The first-order chi connectivity index (χ1) is 11.3. The van der Waals surface area contributed by atoms with Crippen molar-refractivity contribution in [2.24, 2.45) is 0 Å². The molecule has 2 rings (SSSR count). The third-order valence-corrected chi connectivity index (χ3v) is 6.13. The first kappa shape index (κ1) is 18.7. The van der Waals surface area contributed by atoms with E-state index in [0.717, 1.165) is 16.9 Å². The number of rotatable bonds is 5. The lowest BCUT2D eigenvalue weighted by molar-refractivity contribution is -0.131. The van der Waals surface area contributed by atoms with Gasteiger partial charge in [0.05, 0.1) is 13.5 Å². The number of hydrogen-bond acceptors (Lipinski definition) is 4. The summed E-state index contributed by atoms with van der Waals surface area (Å²) in [6.45, 7) is 3.43. The van der Waals surface area contributed by atoms with Crippen LogP contribution in [0.2, 0.25) is 0 Å². The second-order valence-electron chi connectivity index (χ2n) is 6.05. The number of carbonyl (C=O) groups excluding carboxylic acids is 1. The van der Waals surface area contributed by atoms with Gasteiger partial charge in [0.1, 0.15) is 5.75 Å². The molecule has 1 heterocycles. The van der Waals surface area contributed by atoms with Crippen LogP contribution in [0.3, 0.4) is 0 Å². The van der Waals surface area contributed by atoms with Crippen LogP contribution in [0.4, 0.5) is 0 Å². The molecule has 1 amide bonds. The average molecular weight is 355 g/mol. The van der Waals surface area contributed by atoms with Crippen molar-refractivity contribution < 1.29 is 17.9 Å². The summed E-state index contributed by atoms with van der Waals surface area (Å²) in [6, 6.07) is 5.69. The van der Waals surface area contributed by atoms with Gasteiger partial charge < -0.3 is 9.64 Å². The van der Waals surface area contributed by atoms with Crippen LogP contribution < -0.4 is 4.74 Å². The summed E-state index contributed by atoms with van der Waals surface area (Å²) in [6.07, 6.45) is 0.311. The fourth-order valence-electron chi connectivity index (χ4n) is 2.74. The monoisotopic (exact) mass is 355 g/mol. The molecule has 0 aromatic heterocycles. The molecule has 8 heteroatoms. The van der Waals surface area contributed by atoms with E-state index in [1.165, 1.54) is 22.7 Å². The van der Waals surface area contributed by atoms with Crippen molar-refractivity contribution >= 4 is 16.1 Å². The average Bonchev–Trinajstić information content (AvgIpc) is 2.55. The highest BCUT2D eigenvalue weighted by Gasteiger charge is 2.30. The molecule has 1 aliphatic rings. The molecule has 24 heavy (non-hydrogen) atoms. The van der Waals surface area contributed by atoms with Crippen molar-refractivity contribution in [2.45, 2.75) is 13.3 Å². The number of ether oxygens (including phenoxy) is 1. The Morgan fingerprint density at radius 2 is 1.83 bits per heavy atom. The van der Waals surface area contributed by atoms with E-state index in [2.05, 4.69) is 0 Å². The van der Waals surface area contributed by atoms with Crippen molar-refractivity contribution in [1.82, 2.24) is 13.5 Å². The molecule has 0 radical (unpaired) electrons. The largest absolute Gasteiger partial charge is 0.496 e. The Hall–Kier alpha value is -1.64. The Labute approximate surface area is 144 Å². The minimum absolute atomic E-state index is 0.0152. The molecule has 0 unspecified atom stereocenters. The summed E-state index contributed by atoms with van der Waals surface area (Å²) < 4.78 is 32.0. The topological polar surface area (TPSA) is 70.2 Å². The zero-order valence-corrected chi connectivity index (χ0v) is 15.5. The summed E-state index contributed by atoms with van der Waals surface area (Å²) >= 11 is 0. The van der Waals surface area contributed by atoms with Crippen molar-refractivity contribution in [3.05, 3.63) is 29.3 Å². The number of aryl methyl sites for hydroxylation is 1. The van der Waals surface area contributed by atoms with Gasteiger partial charge in [-0.2, -0.15) is 17.0 Å². The molecule has 0 aliphatic carbocycles. The minimum atomic E-state index is -3.41. The van der Waals surface area contributed by atoms with Crippen LogP contribution in [0.5, 0.6) is 5.75 Å². The van der Waals surface area contributed by atoms with Gasteiger partial charge in [-0.25, -0.2) is 0 Å². The number of amides is 1. The summed E-state index contributed by atoms with van der Waals surface area (Å²) in [5.41, 5.74) is 1.92. The van der Waals surface area contributed by atoms with Crippen molar-refractivity contribution in [3.8, 4) is 5.75 Å².